The highest BCUT2D eigenvalue weighted by Gasteiger charge is 1.76. The molecule has 0 aliphatic rings. The molecule has 0 spiro atoms. The molecule has 0 amide bonds. The van der Waals surface area contributed by atoms with Crippen molar-refractivity contribution in [1.82, 2.24) is 0 Å². The van der Waals surface area contributed by atoms with Crippen molar-refractivity contribution in [3.8, 4) is 0 Å². The lowest BCUT2D eigenvalue weighted by Crippen LogP contribution is -1.99. The molecule has 2 N–H and O–H groups in total. The van der Waals surface area contributed by atoms with Crippen LogP contribution in [0.2, 0.25) is 0 Å². The summed E-state index contributed by atoms with van der Waals surface area (Å²) in [5.74, 6) is 0.628. The molecule has 0 atom stereocenters. The Morgan fingerprint density at radius 3 is 2.43 bits per heavy atom. The summed E-state index contributed by atoms with van der Waals surface area (Å²) in [7, 11) is 0. The number of hydrogen-bond acceptors (Lipinski definition) is 4. The minimum Gasteiger partial charge on any atom is -0.330 e. The predicted octanol–water partition coefficient (Wildman–Crippen LogP) is 0.782. The Labute approximate surface area is 52.6 Å². The van der Waals surface area contributed by atoms with Gasteiger partial charge in [-0.1, -0.05) is 0 Å². The number of hydrogen-bond donors (Lipinski definition) is 1. The Balaban J connectivity index is 0. The summed E-state index contributed by atoms with van der Waals surface area (Å²) in [6, 6.07) is 0. The van der Waals surface area contributed by atoms with Gasteiger partial charge in [-0.2, -0.15) is 0 Å². The Morgan fingerprint density at radius 1 is 1.71 bits per heavy atom. The van der Waals surface area contributed by atoms with E-state index in [1.54, 1.807) is 0 Å². The average Bonchev–Trinajstić information content (AvgIpc) is 1.61. The summed E-state index contributed by atoms with van der Waals surface area (Å²) < 4.78 is 2.51. The Morgan fingerprint density at radius 2 is 2.29 bits per heavy atom. The zero-order chi connectivity index (χ0) is 4.83. The molecule has 0 aromatic carbocycles. The monoisotopic (exact) mass is 142 g/mol. The van der Waals surface area contributed by atoms with E-state index < -0.39 is 0 Å². The quantitative estimate of drug-likeness (QED) is 0.360. The van der Waals surface area contributed by atoms with E-state index in [2.05, 4.69) is 4.58 Å². The van der Waals surface area contributed by atoms with Gasteiger partial charge in [-0.15, -0.1) is 17.3 Å². The molecule has 0 aliphatic carbocycles. The fourth-order valence-corrected chi connectivity index (χ4v) is 0.270. The molecule has 0 aliphatic heterocycles. The van der Waals surface area contributed by atoms with Gasteiger partial charge in [0.05, 0.1) is 0 Å². The van der Waals surface area contributed by atoms with E-state index in [4.69, 9.17) is 5.73 Å². The van der Waals surface area contributed by atoms with Crippen LogP contribution in [0, 0.1) is 4.91 Å². The number of nitrogens with zero attached hydrogens (tertiary/aromatic N) is 1. The van der Waals surface area contributed by atoms with Gasteiger partial charge in [-0.05, 0) is 0 Å². The van der Waals surface area contributed by atoms with Crippen LogP contribution < -0.4 is 5.73 Å². The van der Waals surface area contributed by atoms with E-state index >= 15 is 0 Å². The molecule has 44 valence electrons. The van der Waals surface area contributed by atoms with Crippen LogP contribution in [0.15, 0.2) is 4.58 Å². The summed E-state index contributed by atoms with van der Waals surface area (Å²) in [6.45, 7) is 0.524. The topological polar surface area (TPSA) is 55.4 Å². The highest BCUT2D eigenvalue weighted by Crippen LogP contribution is 1.94. The second-order valence-electron chi connectivity index (χ2n) is 0.696. The second-order valence-corrected chi connectivity index (χ2v) is 1.51. The van der Waals surface area contributed by atoms with Crippen LogP contribution in [0.5, 0.6) is 0 Å². The van der Waals surface area contributed by atoms with Gasteiger partial charge in [0.15, 0.2) is 0 Å². The van der Waals surface area contributed by atoms with Crippen LogP contribution in [0.4, 0.5) is 0 Å². The maximum atomic E-state index is 9.22. The van der Waals surface area contributed by atoms with Gasteiger partial charge in [0.1, 0.15) is 0 Å². The number of nitroso groups, excluding NO2 is 1. The van der Waals surface area contributed by atoms with Crippen molar-refractivity contribution >= 4 is 24.4 Å². The number of nitrogens with two attached hydrogens (primary N) is 1. The first-order valence-electron chi connectivity index (χ1n) is 1.56. The fourth-order valence-electron chi connectivity index (χ4n) is 0.0900. The second kappa shape index (κ2) is 9.50. The van der Waals surface area contributed by atoms with E-state index in [0.717, 1.165) is 11.9 Å². The van der Waals surface area contributed by atoms with Gasteiger partial charge in [0.25, 0.3) is 0 Å². The van der Waals surface area contributed by atoms with Crippen molar-refractivity contribution in [2.75, 3.05) is 12.3 Å². The smallest absolute Gasteiger partial charge is 0.0310 e. The molecule has 0 saturated carbocycles. The summed E-state index contributed by atoms with van der Waals surface area (Å²) in [6.07, 6.45) is 0. The zero-order valence-electron chi connectivity index (χ0n) is 3.66. The summed E-state index contributed by atoms with van der Waals surface area (Å²) in [4.78, 5) is 9.22. The third kappa shape index (κ3) is 10.7. The molecule has 0 unspecified atom stereocenters. The molecule has 0 bridgehead atoms. The average molecular weight is 143 g/mol. The van der Waals surface area contributed by atoms with Gasteiger partial charge in [0, 0.05) is 28.8 Å². The predicted molar refractivity (Wildman–Crippen MR) is 34.6 cm³/mol. The zero-order valence-corrected chi connectivity index (χ0v) is 5.30. The van der Waals surface area contributed by atoms with Crippen molar-refractivity contribution in [2.24, 2.45) is 10.3 Å². The summed E-state index contributed by atoms with van der Waals surface area (Å²) in [5, 5.41) is 0. The Kier molecular flexibility index (Phi) is 13.9. The van der Waals surface area contributed by atoms with Crippen LogP contribution in [0.1, 0.15) is 0 Å². The van der Waals surface area contributed by atoms with E-state index in [-0.39, 0.29) is 12.4 Å². The third-order valence-corrected chi connectivity index (χ3v) is 0.786. The van der Waals surface area contributed by atoms with Crippen molar-refractivity contribution in [3.05, 3.63) is 4.91 Å². The first-order valence-corrected chi connectivity index (χ1v) is 2.50. The van der Waals surface area contributed by atoms with Gasteiger partial charge in [0.2, 0.25) is 0 Å². The number of halogens is 1. The Bertz CT molecular complexity index is 44.7. The molecular formula is C2H7ClN2OS. The van der Waals surface area contributed by atoms with E-state index in [0.29, 0.717) is 12.3 Å². The molecule has 0 radical (unpaired) electrons. The number of rotatable bonds is 3. The summed E-state index contributed by atoms with van der Waals surface area (Å²) >= 11 is 0.953. The highest BCUT2D eigenvalue weighted by atomic mass is 35.5. The molecule has 0 fully saturated rings. The SMILES string of the molecule is Cl.NCCSN=O. The lowest BCUT2D eigenvalue weighted by molar-refractivity contribution is 1.15. The lowest BCUT2D eigenvalue weighted by atomic mass is 10.8. The maximum Gasteiger partial charge on any atom is 0.0310 e. The first-order chi connectivity index (χ1) is 2.91. The molecule has 0 rings (SSSR count). The first kappa shape index (κ1) is 10.2. The molecule has 0 aromatic rings. The van der Waals surface area contributed by atoms with E-state index in [1.165, 1.54) is 0 Å². The normalized spacial score (nSPS) is 7.00. The molecule has 3 nitrogen and oxygen atoms in total. The molecule has 7 heavy (non-hydrogen) atoms. The van der Waals surface area contributed by atoms with Crippen LogP contribution in [0.3, 0.4) is 0 Å². The van der Waals surface area contributed by atoms with Crippen molar-refractivity contribution in [3.63, 3.8) is 0 Å². The molecule has 0 saturated heterocycles. The molecule has 0 aromatic heterocycles. The minimum atomic E-state index is 0. The van der Waals surface area contributed by atoms with Crippen LogP contribution >= 0.6 is 24.4 Å². The van der Waals surface area contributed by atoms with Gasteiger partial charge < -0.3 is 5.73 Å². The lowest BCUT2D eigenvalue weighted by Gasteiger charge is -1.78. The standard InChI is InChI=1S/C2H6N2OS.ClH/c3-1-2-6-4-5;/h1-3H2;1H. The highest BCUT2D eigenvalue weighted by molar-refractivity contribution is 7.97. The van der Waals surface area contributed by atoms with Gasteiger partial charge in [-0.25, -0.2) is 0 Å². The van der Waals surface area contributed by atoms with Crippen molar-refractivity contribution < 1.29 is 0 Å². The van der Waals surface area contributed by atoms with Crippen LogP contribution in [-0.4, -0.2) is 12.3 Å². The minimum absolute atomic E-state index is 0. The van der Waals surface area contributed by atoms with Gasteiger partial charge >= 0.3 is 0 Å². The van der Waals surface area contributed by atoms with Crippen LogP contribution in [0.25, 0.3) is 0 Å². The molecule has 5 heteroatoms. The van der Waals surface area contributed by atoms with Crippen molar-refractivity contribution in [1.29, 1.82) is 0 Å². The fraction of sp³-hybridized carbons (Fsp3) is 1.00. The summed E-state index contributed by atoms with van der Waals surface area (Å²) in [5.41, 5.74) is 4.99. The third-order valence-electron chi connectivity index (χ3n) is 0.262. The molecule has 0 heterocycles. The Hall–Kier alpha value is 0.200. The van der Waals surface area contributed by atoms with E-state index in [9.17, 15) is 4.91 Å². The largest absolute Gasteiger partial charge is 0.330 e. The molecular weight excluding hydrogens is 136 g/mol. The van der Waals surface area contributed by atoms with Crippen molar-refractivity contribution in [2.45, 2.75) is 0 Å². The maximum absolute atomic E-state index is 9.22. The van der Waals surface area contributed by atoms with Gasteiger partial charge in [-0.3, -0.25) is 0 Å². The van der Waals surface area contributed by atoms with E-state index in [1.807, 2.05) is 0 Å². The van der Waals surface area contributed by atoms with Crippen LogP contribution in [-0.2, 0) is 0 Å².